The maximum Gasteiger partial charge on any atom is 0.312 e. The van der Waals surface area contributed by atoms with Crippen LogP contribution in [-0.2, 0) is 20.9 Å². The molecule has 1 aromatic heterocycles. The molecule has 1 saturated heterocycles. The number of piperazine rings is 1. The summed E-state index contributed by atoms with van der Waals surface area (Å²) in [6.45, 7) is 1.29. The molecule has 1 aliphatic heterocycles. The van der Waals surface area contributed by atoms with Crippen molar-refractivity contribution in [1.82, 2.24) is 25.1 Å². The first-order chi connectivity index (χ1) is 15.9. The molecule has 0 saturated carbocycles. The van der Waals surface area contributed by atoms with Gasteiger partial charge < -0.3 is 24.8 Å². The summed E-state index contributed by atoms with van der Waals surface area (Å²) >= 11 is 6.79. The third kappa shape index (κ3) is 5.72. The molecule has 9 nitrogen and oxygen atoms in total. The molecule has 3 amide bonds. The molecule has 0 bridgehead atoms. The van der Waals surface area contributed by atoms with Gasteiger partial charge in [0, 0.05) is 35.1 Å². The van der Waals surface area contributed by atoms with Crippen LogP contribution < -0.4 is 10.1 Å². The lowest BCUT2D eigenvalue weighted by Crippen LogP contribution is -2.54. The van der Waals surface area contributed by atoms with Crippen LogP contribution in [0.15, 0.2) is 51.4 Å². The van der Waals surface area contributed by atoms with E-state index in [4.69, 9.17) is 4.74 Å². The number of H-pyrrole nitrogens is 1. The van der Waals surface area contributed by atoms with Crippen molar-refractivity contribution in [1.29, 1.82) is 0 Å². The lowest BCUT2D eigenvalue weighted by molar-refractivity contribution is -0.148. The highest BCUT2D eigenvalue weighted by molar-refractivity contribution is 9.11. The molecule has 2 heterocycles. The van der Waals surface area contributed by atoms with Crippen molar-refractivity contribution < 1.29 is 19.1 Å². The van der Waals surface area contributed by atoms with E-state index in [-0.39, 0.29) is 32.1 Å². The Hall–Kier alpha value is -2.92. The first-order valence-corrected chi connectivity index (χ1v) is 11.9. The largest absolute Gasteiger partial charge is 0.484 e. The van der Waals surface area contributed by atoms with Gasteiger partial charge in [0.1, 0.15) is 17.1 Å². The highest BCUT2D eigenvalue weighted by Gasteiger charge is 2.28. The minimum absolute atomic E-state index is 0.0797. The fourth-order valence-corrected chi connectivity index (χ4v) is 4.16. The molecule has 2 N–H and O–H groups in total. The number of benzene rings is 2. The summed E-state index contributed by atoms with van der Waals surface area (Å²) in [6.07, 6.45) is 0. The molecule has 3 aromatic rings. The highest BCUT2D eigenvalue weighted by atomic mass is 79.9. The number of aromatic amines is 1. The van der Waals surface area contributed by atoms with Crippen LogP contribution >= 0.6 is 31.9 Å². The Morgan fingerprint density at radius 3 is 2.39 bits per heavy atom. The number of nitrogens with zero attached hydrogens (tertiary/aromatic N) is 3. The number of carbonyl (C=O) groups is 3. The number of amides is 3. The van der Waals surface area contributed by atoms with Crippen LogP contribution in [0, 0.1) is 0 Å². The number of rotatable bonds is 5. The number of fused-ring (bicyclic) bond motifs is 1. The van der Waals surface area contributed by atoms with Crippen molar-refractivity contribution in [2.75, 3.05) is 32.8 Å². The second-order valence-electron chi connectivity index (χ2n) is 7.42. The maximum absolute atomic E-state index is 12.5. The summed E-state index contributed by atoms with van der Waals surface area (Å²) in [4.78, 5) is 47.9. The van der Waals surface area contributed by atoms with E-state index in [1.54, 1.807) is 17.0 Å². The molecule has 0 radical (unpaired) electrons. The van der Waals surface area contributed by atoms with Crippen LogP contribution in [0.5, 0.6) is 5.75 Å². The number of halogens is 2. The first kappa shape index (κ1) is 23.2. The van der Waals surface area contributed by atoms with E-state index in [0.29, 0.717) is 24.7 Å². The van der Waals surface area contributed by atoms with E-state index >= 15 is 0 Å². The number of hydrogen-bond donors (Lipinski definition) is 2. The molecule has 11 heteroatoms. The second kappa shape index (κ2) is 10.3. The lowest BCUT2D eigenvalue weighted by Gasteiger charge is -2.34. The standard InChI is InChI=1S/C22H21Br2N5O4/c23-14-4-6-15(7-5-14)33-13-19(30)28-8-10-29(11-9-28)22(32)21(31)25-12-18-26-17-3-1-2-16(24)20(17)27-18/h1-7H,8-13H2,(H,25,31)(H,26,27). The summed E-state index contributed by atoms with van der Waals surface area (Å²) in [5.41, 5.74) is 1.60. The zero-order valence-electron chi connectivity index (χ0n) is 17.5. The molecule has 0 unspecified atom stereocenters. The maximum atomic E-state index is 12.5. The van der Waals surface area contributed by atoms with Crippen molar-refractivity contribution >= 4 is 60.6 Å². The molecule has 2 aromatic carbocycles. The number of ether oxygens (including phenoxy) is 1. The van der Waals surface area contributed by atoms with Crippen molar-refractivity contribution in [3.63, 3.8) is 0 Å². The Labute approximate surface area is 206 Å². The smallest absolute Gasteiger partial charge is 0.312 e. The van der Waals surface area contributed by atoms with Gasteiger partial charge in [-0.1, -0.05) is 22.0 Å². The number of aromatic nitrogens is 2. The van der Waals surface area contributed by atoms with Gasteiger partial charge in [0.15, 0.2) is 6.61 Å². The second-order valence-corrected chi connectivity index (χ2v) is 9.19. The quantitative estimate of drug-likeness (QED) is 0.452. The highest BCUT2D eigenvalue weighted by Crippen LogP contribution is 2.21. The van der Waals surface area contributed by atoms with Crippen molar-refractivity contribution in [3.05, 3.63) is 57.2 Å². The first-order valence-electron chi connectivity index (χ1n) is 10.3. The van der Waals surface area contributed by atoms with Gasteiger partial charge in [0.2, 0.25) is 0 Å². The average Bonchev–Trinajstić information content (AvgIpc) is 3.26. The van der Waals surface area contributed by atoms with E-state index < -0.39 is 11.8 Å². The molecule has 4 rings (SSSR count). The number of imidazole rings is 1. The van der Waals surface area contributed by atoms with Crippen LogP contribution in [0.2, 0.25) is 0 Å². The van der Waals surface area contributed by atoms with E-state index in [1.165, 1.54) is 4.90 Å². The predicted molar refractivity (Wildman–Crippen MR) is 128 cm³/mol. The Balaban J connectivity index is 1.22. The zero-order chi connectivity index (χ0) is 23.4. The van der Waals surface area contributed by atoms with Gasteiger partial charge in [-0.15, -0.1) is 0 Å². The Kier molecular flexibility index (Phi) is 7.29. The van der Waals surface area contributed by atoms with Crippen molar-refractivity contribution in [2.45, 2.75) is 6.54 Å². The van der Waals surface area contributed by atoms with Crippen molar-refractivity contribution in [2.24, 2.45) is 0 Å². The Morgan fingerprint density at radius 1 is 1.00 bits per heavy atom. The number of carbonyl (C=O) groups excluding carboxylic acids is 3. The molecule has 0 atom stereocenters. The molecular formula is C22H21Br2N5O4. The van der Waals surface area contributed by atoms with Crippen LogP contribution in [0.25, 0.3) is 11.0 Å². The van der Waals surface area contributed by atoms with Gasteiger partial charge in [0.25, 0.3) is 5.91 Å². The summed E-state index contributed by atoms with van der Waals surface area (Å²) < 4.78 is 7.30. The van der Waals surface area contributed by atoms with E-state index in [0.717, 1.165) is 20.0 Å². The molecule has 1 fully saturated rings. The summed E-state index contributed by atoms with van der Waals surface area (Å²) in [5.74, 6) is -0.322. The third-order valence-electron chi connectivity index (χ3n) is 5.22. The molecule has 1 aliphatic rings. The molecule has 0 aliphatic carbocycles. The Bertz CT molecular complexity index is 1170. The van der Waals surface area contributed by atoms with Crippen LogP contribution in [0.4, 0.5) is 0 Å². The SMILES string of the molecule is O=C(NCc1nc2c(Br)cccc2[nH]1)C(=O)N1CCN(C(=O)COc2ccc(Br)cc2)CC1. The number of nitrogens with one attached hydrogen (secondary N) is 2. The third-order valence-corrected chi connectivity index (χ3v) is 6.39. The zero-order valence-corrected chi connectivity index (χ0v) is 20.7. The van der Waals surface area contributed by atoms with Gasteiger partial charge in [-0.25, -0.2) is 4.98 Å². The van der Waals surface area contributed by atoms with Gasteiger partial charge in [-0.2, -0.15) is 0 Å². The number of hydrogen-bond acceptors (Lipinski definition) is 5. The number of para-hydroxylation sites is 1. The predicted octanol–water partition coefficient (Wildman–Crippen LogP) is 2.45. The van der Waals surface area contributed by atoms with Crippen LogP contribution in [0.3, 0.4) is 0 Å². The van der Waals surface area contributed by atoms with Gasteiger partial charge >= 0.3 is 11.8 Å². The minimum atomic E-state index is -0.701. The van der Waals surface area contributed by atoms with Crippen LogP contribution in [-0.4, -0.2) is 70.3 Å². The van der Waals surface area contributed by atoms with E-state index in [9.17, 15) is 14.4 Å². The van der Waals surface area contributed by atoms with Crippen LogP contribution in [0.1, 0.15) is 5.82 Å². The Morgan fingerprint density at radius 2 is 1.70 bits per heavy atom. The van der Waals surface area contributed by atoms with E-state index in [2.05, 4.69) is 47.1 Å². The fraction of sp³-hybridized carbons (Fsp3) is 0.273. The monoisotopic (exact) mass is 577 g/mol. The topological polar surface area (TPSA) is 108 Å². The van der Waals surface area contributed by atoms with Gasteiger partial charge in [-0.05, 0) is 52.3 Å². The average molecular weight is 579 g/mol. The normalized spacial score (nSPS) is 13.8. The molecule has 0 spiro atoms. The summed E-state index contributed by atoms with van der Waals surface area (Å²) in [6, 6.07) is 12.9. The molecule has 172 valence electrons. The fourth-order valence-electron chi connectivity index (χ4n) is 3.44. The van der Waals surface area contributed by atoms with Gasteiger partial charge in [-0.3, -0.25) is 14.4 Å². The summed E-state index contributed by atoms with van der Waals surface area (Å²) in [5, 5.41) is 2.61. The molecular weight excluding hydrogens is 558 g/mol. The lowest BCUT2D eigenvalue weighted by atomic mass is 10.3. The van der Waals surface area contributed by atoms with Gasteiger partial charge in [0.05, 0.1) is 12.1 Å². The van der Waals surface area contributed by atoms with E-state index in [1.807, 2.05) is 30.3 Å². The van der Waals surface area contributed by atoms with Crippen molar-refractivity contribution in [3.8, 4) is 5.75 Å². The minimum Gasteiger partial charge on any atom is -0.484 e. The molecule has 33 heavy (non-hydrogen) atoms. The summed E-state index contributed by atoms with van der Waals surface area (Å²) in [7, 11) is 0.